The Hall–Kier alpha value is -4.96. The Morgan fingerprint density at radius 2 is 1.88 bits per heavy atom. The van der Waals surface area contributed by atoms with Gasteiger partial charge in [0.2, 0.25) is 17.7 Å². The Morgan fingerprint density at radius 3 is 2.63 bits per heavy atom. The number of Topliss-reactive ketones (excluding diaryl/α,β-unsaturated/α-hetero) is 1. The number of hydrogen-bond acceptors (Lipinski definition) is 10. The molecular weight excluding hydrogens is 725 g/mol. The van der Waals surface area contributed by atoms with Gasteiger partial charge in [0.15, 0.2) is 5.78 Å². The highest BCUT2D eigenvalue weighted by Crippen LogP contribution is 2.33. The molecule has 4 aromatic rings. The van der Waals surface area contributed by atoms with Gasteiger partial charge in [0.05, 0.1) is 43.7 Å². The minimum absolute atomic E-state index is 0.113. The summed E-state index contributed by atoms with van der Waals surface area (Å²) in [6.07, 6.45) is 8.37. The summed E-state index contributed by atoms with van der Waals surface area (Å²) in [5.74, 6) is -1.20. The van der Waals surface area contributed by atoms with E-state index >= 15 is 4.39 Å². The molecule has 1 saturated heterocycles. The number of ether oxygens (including phenoxy) is 1. The summed E-state index contributed by atoms with van der Waals surface area (Å²) in [6, 6.07) is 3.87. The number of ketones is 1. The lowest BCUT2D eigenvalue weighted by Gasteiger charge is -2.26. The maximum Gasteiger partial charge on any atom is 0.248 e. The third-order valence-electron chi connectivity index (χ3n) is 8.98. The second-order valence-electron chi connectivity index (χ2n) is 13.4. The number of carbonyl (C=O) groups is 4. The lowest BCUT2D eigenvalue weighted by molar-refractivity contribution is -0.137. The molecule has 0 spiro atoms. The second kappa shape index (κ2) is 14.3. The lowest BCUT2D eigenvalue weighted by atomic mass is 9.87. The van der Waals surface area contributed by atoms with Gasteiger partial charge >= 0.3 is 0 Å². The Labute approximate surface area is 301 Å². The summed E-state index contributed by atoms with van der Waals surface area (Å²) >= 11 is 3.33. The first kappa shape index (κ1) is 35.9. The number of amides is 3. The predicted molar refractivity (Wildman–Crippen MR) is 188 cm³/mol. The van der Waals surface area contributed by atoms with Crippen LogP contribution in [-0.4, -0.2) is 89.5 Å². The van der Waals surface area contributed by atoms with Crippen LogP contribution >= 0.6 is 15.9 Å². The molecule has 2 N–H and O–H groups in total. The average molecular weight is 763 g/mol. The number of hydrogen-bond donors (Lipinski definition) is 2. The van der Waals surface area contributed by atoms with Gasteiger partial charge in [-0.3, -0.25) is 28.8 Å². The zero-order chi connectivity index (χ0) is 36.5. The minimum atomic E-state index is -2.13. The number of halogens is 2. The van der Waals surface area contributed by atoms with Gasteiger partial charge in [-0.15, -0.1) is 0 Å². The molecular formula is C35H37BrFN9O5. The van der Waals surface area contributed by atoms with Gasteiger partial charge in [0.1, 0.15) is 40.2 Å². The number of nitrogens with one attached hydrogen (secondary N) is 2. The van der Waals surface area contributed by atoms with Crippen LogP contribution < -0.4 is 10.6 Å². The summed E-state index contributed by atoms with van der Waals surface area (Å²) < 4.78 is 24.3. The van der Waals surface area contributed by atoms with E-state index in [-0.39, 0.29) is 42.8 Å². The van der Waals surface area contributed by atoms with Crippen LogP contribution in [0, 0.1) is 12.3 Å². The number of nitrogens with zero attached hydrogens (tertiary/aromatic N) is 7. The van der Waals surface area contributed by atoms with E-state index in [9.17, 15) is 19.2 Å². The number of allylic oxidation sites excluding steroid dienone is 1. The van der Waals surface area contributed by atoms with Crippen molar-refractivity contribution in [1.82, 2.24) is 39.9 Å². The second-order valence-corrected chi connectivity index (χ2v) is 14.3. The molecule has 6 rings (SSSR count). The highest BCUT2D eigenvalue weighted by Gasteiger charge is 2.50. The Morgan fingerprint density at radius 1 is 1.12 bits per heavy atom. The highest BCUT2D eigenvalue weighted by atomic mass is 79.9. The third kappa shape index (κ3) is 7.86. The number of alkyl halides is 1. The normalized spacial score (nSPS) is 21.1. The Balaban J connectivity index is 1.33. The van der Waals surface area contributed by atoms with Crippen LogP contribution in [0.15, 0.2) is 53.5 Å². The largest absolute Gasteiger partial charge is 0.373 e. The molecule has 0 unspecified atom stereocenters. The summed E-state index contributed by atoms with van der Waals surface area (Å²) in [7, 11) is 0. The molecule has 0 saturated carbocycles. The van der Waals surface area contributed by atoms with Crippen LogP contribution in [0.3, 0.4) is 0 Å². The van der Waals surface area contributed by atoms with Gasteiger partial charge < -0.3 is 20.3 Å². The molecule has 2 aliphatic heterocycles. The van der Waals surface area contributed by atoms with Crippen LogP contribution in [0.5, 0.6) is 0 Å². The average Bonchev–Trinajstić information content (AvgIpc) is 3.64. The number of fused-ring (bicyclic) bond motifs is 4. The van der Waals surface area contributed by atoms with Gasteiger partial charge in [0, 0.05) is 47.7 Å². The van der Waals surface area contributed by atoms with E-state index in [4.69, 9.17) is 4.74 Å². The molecule has 14 nitrogen and oxygen atoms in total. The maximum absolute atomic E-state index is 16.7. The predicted octanol–water partition coefficient (Wildman–Crippen LogP) is 4.12. The highest BCUT2D eigenvalue weighted by molar-refractivity contribution is 9.10. The first-order valence-electron chi connectivity index (χ1n) is 16.4. The zero-order valence-electron chi connectivity index (χ0n) is 28.6. The molecule has 4 aromatic heterocycles. The molecule has 51 heavy (non-hydrogen) atoms. The molecule has 2 bridgehead atoms. The van der Waals surface area contributed by atoms with E-state index in [1.807, 2.05) is 6.08 Å². The molecule has 3 amide bonds. The van der Waals surface area contributed by atoms with Crippen LogP contribution in [0.1, 0.15) is 55.5 Å². The van der Waals surface area contributed by atoms with Crippen molar-refractivity contribution in [2.75, 3.05) is 25.0 Å². The molecule has 0 aromatic carbocycles. The molecule has 6 heterocycles. The zero-order valence-corrected chi connectivity index (χ0v) is 30.2. The molecule has 0 aliphatic carbocycles. The number of aryl methyl sites for hydroxylation is 1. The van der Waals surface area contributed by atoms with Gasteiger partial charge in [-0.05, 0) is 41.4 Å². The number of anilines is 1. The van der Waals surface area contributed by atoms with E-state index in [1.165, 1.54) is 17.8 Å². The fourth-order valence-corrected chi connectivity index (χ4v) is 6.37. The van der Waals surface area contributed by atoms with E-state index < -0.39 is 48.6 Å². The minimum Gasteiger partial charge on any atom is -0.373 e. The number of likely N-dealkylation sites (tertiary alicyclic amines) is 1. The van der Waals surface area contributed by atoms with E-state index in [1.54, 1.807) is 57.4 Å². The van der Waals surface area contributed by atoms with Crippen LogP contribution in [0.4, 0.5) is 10.2 Å². The van der Waals surface area contributed by atoms with Crippen molar-refractivity contribution < 1.29 is 28.3 Å². The molecule has 266 valence electrons. The number of rotatable bonds is 4. The maximum atomic E-state index is 16.7. The Bertz CT molecular complexity index is 2050. The quantitative estimate of drug-likeness (QED) is 0.175. The summed E-state index contributed by atoms with van der Waals surface area (Å²) in [5, 5.41) is 10.4. The molecule has 2 aliphatic rings. The van der Waals surface area contributed by atoms with E-state index in [0.717, 1.165) is 4.90 Å². The van der Waals surface area contributed by atoms with Crippen LogP contribution in [0.25, 0.3) is 22.2 Å². The molecule has 0 radical (unpaired) electrons. The van der Waals surface area contributed by atoms with Gasteiger partial charge in [-0.2, -0.15) is 5.10 Å². The first-order valence-corrected chi connectivity index (χ1v) is 17.1. The van der Waals surface area contributed by atoms with Crippen molar-refractivity contribution in [2.45, 2.75) is 65.4 Å². The van der Waals surface area contributed by atoms with Crippen molar-refractivity contribution in [1.29, 1.82) is 0 Å². The number of aromatic nitrogens is 6. The van der Waals surface area contributed by atoms with Crippen molar-refractivity contribution in [3.8, 4) is 11.3 Å². The Kier molecular flexibility index (Phi) is 10.1. The number of pyridine rings is 2. The standard InChI is InChI=1S/C35H37BrFN9O5/c1-20(47)30-24-11-25(23-13-38-21(2)39-14-23)40-15-27(24)46(44-30)16-29(48)45-19-35(37)12-26(45)32(49)43-31-22(7-8-28(36)42-31)17-51-10-6-5-9-34(3,4)33(50)41-18-35/h5-8,11,13-15,26H,9-10,12,16-19H2,1-4H3,(H,41,50)(H,42,43,49)/t26-,35-/m0/s1. The molecule has 1 fully saturated rings. The fourth-order valence-electron chi connectivity index (χ4n) is 6.06. The topological polar surface area (TPSA) is 174 Å². The van der Waals surface area contributed by atoms with Crippen molar-refractivity contribution in [3.05, 3.63) is 70.6 Å². The summed E-state index contributed by atoms with van der Waals surface area (Å²) in [4.78, 5) is 72.3. The third-order valence-corrected chi connectivity index (χ3v) is 9.42. The summed E-state index contributed by atoms with van der Waals surface area (Å²) in [5.41, 5.74) is -0.763. The smallest absolute Gasteiger partial charge is 0.248 e. The molecule has 2 atom stereocenters. The molecule has 16 heteroatoms. The first-order chi connectivity index (χ1) is 24.2. The van der Waals surface area contributed by atoms with Crippen LogP contribution in [0.2, 0.25) is 0 Å². The van der Waals surface area contributed by atoms with Crippen LogP contribution in [-0.2, 0) is 32.3 Å². The van der Waals surface area contributed by atoms with E-state index in [0.29, 0.717) is 44.6 Å². The summed E-state index contributed by atoms with van der Waals surface area (Å²) in [6.45, 7) is 5.70. The number of carbonyl (C=O) groups excluding carboxylic acids is 4. The van der Waals surface area contributed by atoms with Crippen molar-refractivity contribution >= 4 is 56.2 Å². The fraction of sp³-hybridized carbons (Fsp3) is 0.400. The van der Waals surface area contributed by atoms with Gasteiger partial charge in [-0.25, -0.2) is 19.3 Å². The van der Waals surface area contributed by atoms with Gasteiger partial charge in [0.25, 0.3) is 0 Å². The monoisotopic (exact) mass is 761 g/mol. The van der Waals surface area contributed by atoms with Crippen molar-refractivity contribution in [2.24, 2.45) is 5.41 Å². The van der Waals surface area contributed by atoms with E-state index in [2.05, 4.69) is 51.6 Å². The lowest BCUT2D eigenvalue weighted by Crippen LogP contribution is -2.47. The SMILES string of the molecule is CC(=O)c1nn(CC(=O)N2C[C@@]3(F)CNC(=O)C(C)(C)CC=CCOCc4ccc(Br)nc4NC(=O)[C@@H]2C3)c2cnc(-c3cnc(C)nc3)cc12. The van der Waals surface area contributed by atoms with Crippen molar-refractivity contribution in [3.63, 3.8) is 0 Å². The van der Waals surface area contributed by atoms with Gasteiger partial charge in [-0.1, -0.05) is 32.1 Å².